The maximum Gasteiger partial charge on any atom is 0.373 e. The summed E-state index contributed by atoms with van der Waals surface area (Å²) in [6.07, 6.45) is 6.41. The zero-order valence-electron chi connectivity index (χ0n) is 14.5. The van der Waals surface area contributed by atoms with Gasteiger partial charge in [0, 0.05) is 0 Å². The van der Waals surface area contributed by atoms with Crippen LogP contribution < -0.4 is 5.73 Å². The van der Waals surface area contributed by atoms with Gasteiger partial charge in [-0.2, -0.15) is 0 Å². The van der Waals surface area contributed by atoms with Crippen molar-refractivity contribution in [2.24, 2.45) is 11.7 Å². The molecule has 4 N–H and O–H groups in total. The van der Waals surface area contributed by atoms with Gasteiger partial charge in [0.1, 0.15) is 0 Å². The molecule has 0 aromatic heterocycles. The van der Waals surface area contributed by atoms with Crippen LogP contribution >= 0.6 is 0 Å². The molecule has 0 fully saturated rings. The van der Waals surface area contributed by atoms with Gasteiger partial charge in [-0.05, 0) is 70.6 Å². The van der Waals surface area contributed by atoms with Crippen molar-refractivity contribution in [3.8, 4) is 0 Å². The summed E-state index contributed by atoms with van der Waals surface area (Å²) >= 11 is 0. The molecule has 0 heterocycles. The monoisotopic (exact) mass is 343 g/mol. The first kappa shape index (κ1) is 22.0. The second-order valence-electron chi connectivity index (χ2n) is 5.35. The number of rotatable bonds is 12. The van der Waals surface area contributed by atoms with E-state index in [4.69, 9.17) is 15.2 Å². The first-order valence-corrected chi connectivity index (χ1v) is 8.21. The summed E-state index contributed by atoms with van der Waals surface area (Å²) in [4.78, 5) is 22.5. The molecule has 0 bridgehead atoms. The molecular weight excluding hydrogens is 314 g/mol. The first-order valence-electron chi connectivity index (χ1n) is 8.21. The van der Waals surface area contributed by atoms with Crippen LogP contribution in [-0.2, 0) is 19.1 Å². The van der Waals surface area contributed by atoms with Crippen LogP contribution in [0.2, 0.25) is 0 Å². The van der Waals surface area contributed by atoms with Crippen LogP contribution in [0.1, 0.15) is 46.0 Å². The molecule has 0 spiro atoms. The van der Waals surface area contributed by atoms with Crippen LogP contribution in [0.4, 0.5) is 0 Å². The molecule has 0 radical (unpaired) electrons. The van der Waals surface area contributed by atoms with Crippen molar-refractivity contribution in [3.63, 3.8) is 0 Å². The molecule has 0 atom stereocenters. The van der Waals surface area contributed by atoms with E-state index in [-0.39, 0.29) is 24.7 Å². The van der Waals surface area contributed by atoms with Crippen LogP contribution in [0.5, 0.6) is 0 Å². The Morgan fingerprint density at radius 1 is 0.917 bits per heavy atom. The van der Waals surface area contributed by atoms with Crippen molar-refractivity contribution in [2.75, 3.05) is 19.8 Å². The smallest absolute Gasteiger partial charge is 0.373 e. The summed E-state index contributed by atoms with van der Waals surface area (Å²) in [5.41, 5.74) is 5.60. The van der Waals surface area contributed by atoms with Crippen molar-refractivity contribution in [1.82, 2.24) is 0 Å². The number of hydrogen-bond donors (Lipinski definition) is 3. The maximum absolute atomic E-state index is 11.3. The number of carbonyl (C=O) groups excluding carboxylic acids is 2. The first-order chi connectivity index (χ1) is 11.5. The fraction of sp³-hybridized carbons (Fsp3) is 0.647. The van der Waals surface area contributed by atoms with E-state index in [1.165, 1.54) is 12.2 Å². The van der Waals surface area contributed by atoms with Gasteiger partial charge >= 0.3 is 11.9 Å². The number of hydrogen-bond acceptors (Lipinski definition) is 7. The van der Waals surface area contributed by atoms with Crippen molar-refractivity contribution >= 4 is 11.9 Å². The molecular formula is C17H29NO6. The zero-order chi connectivity index (χ0) is 18.4. The lowest BCUT2D eigenvalue weighted by molar-refractivity contribution is -0.142. The van der Waals surface area contributed by atoms with Crippen molar-refractivity contribution in [2.45, 2.75) is 46.0 Å². The lowest BCUT2D eigenvalue weighted by Crippen LogP contribution is -2.14. The summed E-state index contributed by atoms with van der Waals surface area (Å²) in [6, 6.07) is 0. The maximum atomic E-state index is 11.3. The topological polar surface area (TPSA) is 119 Å². The molecule has 0 aromatic rings. The van der Waals surface area contributed by atoms with E-state index in [2.05, 4.69) is 0 Å². The number of esters is 2. The van der Waals surface area contributed by atoms with Gasteiger partial charge in [-0.25, -0.2) is 9.59 Å². The number of nitrogens with two attached hydrogens (primary N) is 1. The van der Waals surface area contributed by atoms with Gasteiger partial charge in [0.15, 0.2) is 11.5 Å². The second-order valence-corrected chi connectivity index (χ2v) is 5.35. The van der Waals surface area contributed by atoms with E-state index in [0.717, 1.165) is 19.3 Å². The van der Waals surface area contributed by atoms with E-state index in [1.807, 2.05) is 0 Å². The zero-order valence-corrected chi connectivity index (χ0v) is 14.5. The fourth-order valence-corrected chi connectivity index (χ4v) is 2.13. The molecule has 0 saturated heterocycles. The molecule has 0 saturated carbocycles. The molecule has 7 nitrogen and oxygen atoms in total. The largest absolute Gasteiger partial charge is 0.502 e. The van der Waals surface area contributed by atoms with Gasteiger partial charge < -0.3 is 25.4 Å². The average Bonchev–Trinajstić information content (AvgIpc) is 2.59. The third-order valence-corrected chi connectivity index (χ3v) is 3.52. The second kappa shape index (κ2) is 13.4. The van der Waals surface area contributed by atoms with Gasteiger partial charge in [-0.1, -0.05) is 0 Å². The van der Waals surface area contributed by atoms with E-state index in [9.17, 15) is 19.8 Å². The highest BCUT2D eigenvalue weighted by Crippen LogP contribution is 2.17. The van der Waals surface area contributed by atoms with Crippen LogP contribution in [0.15, 0.2) is 23.7 Å². The van der Waals surface area contributed by atoms with E-state index >= 15 is 0 Å². The number of carbonyl (C=O) groups is 2. The van der Waals surface area contributed by atoms with Gasteiger partial charge in [0.2, 0.25) is 0 Å². The van der Waals surface area contributed by atoms with E-state index in [1.54, 1.807) is 13.8 Å². The minimum atomic E-state index is -0.719. The van der Waals surface area contributed by atoms with Crippen LogP contribution in [0.25, 0.3) is 0 Å². The highest BCUT2D eigenvalue weighted by Gasteiger charge is 2.12. The van der Waals surface area contributed by atoms with Crippen molar-refractivity contribution in [3.05, 3.63) is 23.7 Å². The number of aliphatic hydroxyl groups excluding tert-OH is 2. The van der Waals surface area contributed by atoms with Crippen molar-refractivity contribution < 1.29 is 29.3 Å². The third kappa shape index (κ3) is 9.89. The summed E-state index contributed by atoms with van der Waals surface area (Å²) in [6.45, 7) is 4.14. The van der Waals surface area contributed by atoms with E-state index < -0.39 is 11.9 Å². The quantitative estimate of drug-likeness (QED) is 0.215. The SMILES string of the molecule is CC=C(O)C(=O)OCCCC(CCN)CCCOC(=O)C(O)=CC. The minimum absolute atomic E-state index is 0.238. The van der Waals surface area contributed by atoms with Crippen LogP contribution in [-0.4, -0.2) is 41.9 Å². The Balaban J connectivity index is 3.97. The van der Waals surface area contributed by atoms with E-state index in [0.29, 0.717) is 25.3 Å². The Labute approximate surface area is 143 Å². The number of ether oxygens (including phenoxy) is 2. The highest BCUT2D eigenvalue weighted by molar-refractivity contribution is 5.85. The summed E-state index contributed by atoms with van der Waals surface area (Å²) < 4.78 is 9.85. The summed E-state index contributed by atoms with van der Waals surface area (Å²) in [5.74, 6) is -1.87. The van der Waals surface area contributed by atoms with Gasteiger partial charge in [-0.3, -0.25) is 0 Å². The standard InChI is InChI=1S/C17H29NO6/c1-3-14(19)16(21)23-11-5-7-13(9-10-18)8-6-12-24-17(22)15(20)4-2/h3-4,13,19-20H,5-12,18H2,1-2H3. The Hall–Kier alpha value is -2.02. The molecule has 7 heteroatoms. The molecule has 0 aliphatic heterocycles. The predicted octanol–water partition coefficient (Wildman–Crippen LogP) is 2.52. The number of aliphatic hydroxyl groups is 2. The molecule has 0 aliphatic rings. The Morgan fingerprint density at radius 2 is 1.33 bits per heavy atom. The molecule has 0 aliphatic carbocycles. The fourth-order valence-electron chi connectivity index (χ4n) is 2.13. The lowest BCUT2D eigenvalue weighted by atomic mass is 9.94. The minimum Gasteiger partial charge on any atom is -0.502 e. The lowest BCUT2D eigenvalue weighted by Gasteiger charge is -2.16. The van der Waals surface area contributed by atoms with Gasteiger partial charge in [0.25, 0.3) is 0 Å². The Kier molecular flexibility index (Phi) is 12.3. The van der Waals surface area contributed by atoms with Crippen LogP contribution in [0, 0.1) is 5.92 Å². The molecule has 0 amide bonds. The Morgan fingerprint density at radius 3 is 1.67 bits per heavy atom. The van der Waals surface area contributed by atoms with Crippen LogP contribution in [0.3, 0.4) is 0 Å². The molecule has 138 valence electrons. The summed E-state index contributed by atoms with van der Waals surface area (Å²) in [5, 5.41) is 18.3. The molecule has 0 unspecified atom stereocenters. The highest BCUT2D eigenvalue weighted by atomic mass is 16.5. The third-order valence-electron chi connectivity index (χ3n) is 3.52. The number of allylic oxidation sites excluding steroid dienone is 2. The van der Waals surface area contributed by atoms with Crippen molar-refractivity contribution in [1.29, 1.82) is 0 Å². The molecule has 0 rings (SSSR count). The molecule has 24 heavy (non-hydrogen) atoms. The van der Waals surface area contributed by atoms with Gasteiger partial charge in [0.05, 0.1) is 13.2 Å². The van der Waals surface area contributed by atoms with Gasteiger partial charge in [-0.15, -0.1) is 0 Å². The molecule has 0 aromatic carbocycles. The summed E-state index contributed by atoms with van der Waals surface area (Å²) in [7, 11) is 0. The normalized spacial score (nSPS) is 13.5. The Bertz CT molecular complexity index is 406. The predicted molar refractivity (Wildman–Crippen MR) is 90.3 cm³/mol. The average molecular weight is 343 g/mol.